The van der Waals surface area contributed by atoms with E-state index in [1.54, 1.807) is 11.3 Å². The fourth-order valence-electron chi connectivity index (χ4n) is 3.06. The minimum Gasteiger partial charge on any atom is -0.355 e. The molecule has 0 aliphatic rings. The largest absolute Gasteiger partial charge is 0.355 e. The Bertz CT molecular complexity index is 839. The van der Waals surface area contributed by atoms with Gasteiger partial charge in [-0.05, 0) is 50.6 Å². The third-order valence-corrected chi connectivity index (χ3v) is 5.18. The number of thiophene rings is 1. The highest BCUT2D eigenvalue weighted by molar-refractivity contribution is 7.10. The zero-order valence-electron chi connectivity index (χ0n) is 15.4. The lowest BCUT2D eigenvalue weighted by molar-refractivity contribution is -0.120. The van der Waals surface area contributed by atoms with E-state index in [1.165, 1.54) is 5.52 Å². The smallest absolute Gasteiger partial charge is 0.225 e. The summed E-state index contributed by atoms with van der Waals surface area (Å²) in [4.78, 5) is 20.1. The standard InChI is InChI=1S/C20H26N4OS/c1-23(2)12-6-13-24-18-9-4-3-8-17(18)22-19(24)10-11-21-20(25)15-16-7-5-14-26-16/h3-5,7-9,14H,6,10-13,15H2,1-2H3,(H,21,25). The first-order valence-corrected chi connectivity index (χ1v) is 9.89. The van der Waals surface area contributed by atoms with Crippen LogP contribution in [0.2, 0.25) is 0 Å². The molecule has 0 spiro atoms. The number of carbonyl (C=O) groups is 1. The maximum Gasteiger partial charge on any atom is 0.225 e. The first kappa shape index (κ1) is 18.6. The molecule has 0 bridgehead atoms. The molecular formula is C20H26N4OS. The van der Waals surface area contributed by atoms with Crippen molar-refractivity contribution >= 4 is 28.3 Å². The number of amides is 1. The first-order valence-electron chi connectivity index (χ1n) is 9.01. The number of imidazole rings is 1. The van der Waals surface area contributed by atoms with E-state index in [2.05, 4.69) is 47.1 Å². The molecule has 138 valence electrons. The Morgan fingerprint density at radius 2 is 2.08 bits per heavy atom. The summed E-state index contributed by atoms with van der Waals surface area (Å²) in [6.07, 6.45) is 2.27. The van der Waals surface area contributed by atoms with Crippen LogP contribution in [0.1, 0.15) is 17.1 Å². The van der Waals surface area contributed by atoms with Gasteiger partial charge in [0.1, 0.15) is 5.82 Å². The van der Waals surface area contributed by atoms with Crippen LogP contribution in [-0.4, -0.2) is 47.5 Å². The van der Waals surface area contributed by atoms with Crippen LogP contribution in [0.4, 0.5) is 0 Å². The molecule has 3 aromatic rings. The number of para-hydroxylation sites is 2. The molecule has 1 amide bonds. The molecule has 1 aromatic carbocycles. The molecule has 26 heavy (non-hydrogen) atoms. The quantitative estimate of drug-likeness (QED) is 0.630. The lowest BCUT2D eigenvalue weighted by Crippen LogP contribution is -2.27. The average molecular weight is 371 g/mol. The molecule has 0 fully saturated rings. The fraction of sp³-hybridized carbons (Fsp3) is 0.400. The lowest BCUT2D eigenvalue weighted by atomic mass is 10.3. The van der Waals surface area contributed by atoms with Crippen molar-refractivity contribution in [2.75, 3.05) is 27.2 Å². The molecule has 2 aromatic heterocycles. The summed E-state index contributed by atoms with van der Waals surface area (Å²) in [5.41, 5.74) is 2.20. The second-order valence-corrected chi connectivity index (χ2v) is 7.71. The number of benzene rings is 1. The van der Waals surface area contributed by atoms with E-state index < -0.39 is 0 Å². The van der Waals surface area contributed by atoms with E-state index in [0.29, 0.717) is 13.0 Å². The number of carbonyl (C=O) groups excluding carboxylic acids is 1. The predicted molar refractivity (Wildman–Crippen MR) is 108 cm³/mol. The molecule has 0 saturated heterocycles. The molecule has 1 N–H and O–H groups in total. The summed E-state index contributed by atoms with van der Waals surface area (Å²) < 4.78 is 2.30. The number of nitrogens with one attached hydrogen (secondary N) is 1. The monoisotopic (exact) mass is 370 g/mol. The third-order valence-electron chi connectivity index (χ3n) is 4.31. The number of hydrogen-bond donors (Lipinski definition) is 1. The Morgan fingerprint density at radius 1 is 1.23 bits per heavy atom. The molecule has 2 heterocycles. The van der Waals surface area contributed by atoms with Gasteiger partial charge in [-0.1, -0.05) is 18.2 Å². The minimum absolute atomic E-state index is 0.0720. The Hall–Kier alpha value is -2.18. The Balaban J connectivity index is 1.61. The van der Waals surface area contributed by atoms with Crippen LogP contribution < -0.4 is 5.32 Å². The summed E-state index contributed by atoms with van der Waals surface area (Å²) in [5.74, 6) is 1.11. The van der Waals surface area contributed by atoms with Crippen LogP contribution in [0.15, 0.2) is 41.8 Å². The van der Waals surface area contributed by atoms with Gasteiger partial charge in [0.25, 0.3) is 0 Å². The van der Waals surface area contributed by atoms with Crippen LogP contribution in [0.5, 0.6) is 0 Å². The molecule has 0 atom stereocenters. The summed E-state index contributed by atoms with van der Waals surface area (Å²) >= 11 is 1.62. The van der Waals surface area contributed by atoms with E-state index in [0.717, 1.165) is 42.1 Å². The highest BCUT2D eigenvalue weighted by atomic mass is 32.1. The van der Waals surface area contributed by atoms with Crippen LogP contribution in [-0.2, 0) is 24.2 Å². The van der Waals surface area contributed by atoms with E-state index in [-0.39, 0.29) is 5.91 Å². The van der Waals surface area contributed by atoms with Crippen LogP contribution in [0.25, 0.3) is 11.0 Å². The highest BCUT2D eigenvalue weighted by Gasteiger charge is 2.11. The van der Waals surface area contributed by atoms with Crippen LogP contribution in [0.3, 0.4) is 0 Å². The maximum absolute atomic E-state index is 12.1. The number of hydrogen-bond acceptors (Lipinski definition) is 4. The average Bonchev–Trinajstić information content (AvgIpc) is 3.23. The van der Waals surface area contributed by atoms with Gasteiger partial charge in [-0.3, -0.25) is 4.79 Å². The first-order chi connectivity index (χ1) is 12.6. The van der Waals surface area contributed by atoms with Gasteiger partial charge < -0.3 is 14.8 Å². The second-order valence-electron chi connectivity index (χ2n) is 6.68. The topological polar surface area (TPSA) is 50.2 Å². The molecule has 3 rings (SSSR count). The molecule has 0 saturated carbocycles. The van der Waals surface area contributed by atoms with Crippen molar-refractivity contribution in [1.82, 2.24) is 19.8 Å². The number of aromatic nitrogens is 2. The van der Waals surface area contributed by atoms with Crippen molar-refractivity contribution < 1.29 is 4.79 Å². The maximum atomic E-state index is 12.1. The van der Waals surface area contributed by atoms with Gasteiger partial charge in [0.2, 0.25) is 5.91 Å². The Kier molecular flexibility index (Phi) is 6.41. The zero-order chi connectivity index (χ0) is 18.4. The van der Waals surface area contributed by atoms with Gasteiger partial charge in [-0.2, -0.15) is 0 Å². The Morgan fingerprint density at radius 3 is 2.85 bits per heavy atom. The van der Waals surface area contributed by atoms with Gasteiger partial charge in [-0.25, -0.2) is 4.98 Å². The number of fused-ring (bicyclic) bond motifs is 1. The van der Waals surface area contributed by atoms with Crippen molar-refractivity contribution in [3.8, 4) is 0 Å². The predicted octanol–water partition coefficient (Wildman–Crippen LogP) is 2.95. The molecule has 6 heteroatoms. The summed E-state index contributed by atoms with van der Waals surface area (Å²) in [5, 5.41) is 5.02. The molecule has 0 aliphatic heterocycles. The Labute approximate surface area is 158 Å². The van der Waals surface area contributed by atoms with E-state index in [9.17, 15) is 4.79 Å². The van der Waals surface area contributed by atoms with E-state index >= 15 is 0 Å². The van der Waals surface area contributed by atoms with Gasteiger partial charge in [0.15, 0.2) is 0 Å². The van der Waals surface area contributed by atoms with Gasteiger partial charge in [0, 0.05) is 24.4 Å². The van der Waals surface area contributed by atoms with E-state index in [1.807, 2.05) is 23.6 Å². The number of aryl methyl sites for hydroxylation is 1. The van der Waals surface area contributed by atoms with Crippen LogP contribution in [0, 0.1) is 0 Å². The molecule has 5 nitrogen and oxygen atoms in total. The van der Waals surface area contributed by atoms with Crippen molar-refractivity contribution in [3.05, 3.63) is 52.5 Å². The van der Waals surface area contributed by atoms with Gasteiger partial charge >= 0.3 is 0 Å². The second kappa shape index (κ2) is 8.96. The highest BCUT2D eigenvalue weighted by Crippen LogP contribution is 2.17. The molecular weight excluding hydrogens is 344 g/mol. The summed E-state index contributed by atoms with van der Waals surface area (Å²) in [6, 6.07) is 12.2. The molecule has 0 unspecified atom stereocenters. The molecule has 0 aliphatic carbocycles. The zero-order valence-corrected chi connectivity index (χ0v) is 16.3. The van der Waals surface area contributed by atoms with Crippen molar-refractivity contribution in [3.63, 3.8) is 0 Å². The molecule has 0 radical (unpaired) electrons. The lowest BCUT2D eigenvalue weighted by Gasteiger charge is -2.12. The van der Waals surface area contributed by atoms with Gasteiger partial charge in [-0.15, -0.1) is 11.3 Å². The number of rotatable bonds is 9. The van der Waals surface area contributed by atoms with Crippen LogP contribution >= 0.6 is 11.3 Å². The summed E-state index contributed by atoms with van der Waals surface area (Å²) in [6.45, 7) is 2.60. The van der Waals surface area contributed by atoms with Gasteiger partial charge in [0.05, 0.1) is 17.5 Å². The SMILES string of the molecule is CN(C)CCCn1c(CCNC(=O)Cc2cccs2)nc2ccccc21. The van der Waals surface area contributed by atoms with Crippen molar-refractivity contribution in [2.24, 2.45) is 0 Å². The number of nitrogens with zero attached hydrogens (tertiary/aromatic N) is 3. The van der Waals surface area contributed by atoms with Crippen molar-refractivity contribution in [2.45, 2.75) is 25.8 Å². The fourth-order valence-corrected chi connectivity index (χ4v) is 3.76. The minimum atomic E-state index is 0.0720. The summed E-state index contributed by atoms with van der Waals surface area (Å²) in [7, 11) is 4.19. The third kappa shape index (κ3) is 4.93. The normalized spacial score (nSPS) is 11.3. The van der Waals surface area contributed by atoms with Crippen molar-refractivity contribution in [1.29, 1.82) is 0 Å². The van der Waals surface area contributed by atoms with E-state index in [4.69, 9.17) is 4.98 Å².